The summed E-state index contributed by atoms with van der Waals surface area (Å²) in [5, 5.41) is 5.86. The molecule has 1 aliphatic carbocycles. The van der Waals surface area contributed by atoms with Gasteiger partial charge in [0, 0.05) is 12.6 Å². The van der Waals surface area contributed by atoms with E-state index in [1.165, 1.54) is 17.5 Å². The lowest BCUT2D eigenvalue weighted by Crippen LogP contribution is -2.45. The number of hydrogen-bond donors (Lipinski definition) is 2. The van der Waals surface area contributed by atoms with Crippen LogP contribution in [-0.4, -0.2) is 18.6 Å². The summed E-state index contributed by atoms with van der Waals surface area (Å²) in [5.74, 6) is 0. The molecule has 0 heterocycles. The molecule has 0 bridgehead atoms. The van der Waals surface area contributed by atoms with Crippen LogP contribution in [0.5, 0.6) is 0 Å². The van der Waals surface area contributed by atoms with E-state index in [1.807, 2.05) is 0 Å². The fraction of sp³-hybridized carbons (Fsp3) is 0.500. The molecule has 2 N–H and O–H groups in total. The quantitative estimate of drug-likeness (QED) is 0.822. The number of nitrogens with one attached hydrogen (secondary N) is 2. The molecule has 0 aliphatic heterocycles. The Morgan fingerprint density at radius 3 is 2.88 bits per heavy atom. The number of aryl methyl sites for hydroxylation is 1. The number of rotatable bonds is 4. The van der Waals surface area contributed by atoms with Crippen LogP contribution in [0.4, 0.5) is 4.79 Å². The summed E-state index contributed by atoms with van der Waals surface area (Å²) in [5.41, 5.74) is 2.54. The van der Waals surface area contributed by atoms with Crippen molar-refractivity contribution in [2.75, 3.05) is 6.54 Å². The smallest absolute Gasteiger partial charge is 0.315 e. The standard InChI is InChI=1S/C14H20N2O/c1-11-4-2-5-12(10-11)8-9-15-14(17)16-13-6-3-7-13/h2,4-5,10,13H,3,6-9H2,1H3,(H2,15,16,17). The predicted octanol–water partition coefficient (Wildman–Crippen LogP) is 2.39. The Morgan fingerprint density at radius 1 is 1.41 bits per heavy atom. The van der Waals surface area contributed by atoms with Gasteiger partial charge in [0.15, 0.2) is 0 Å². The van der Waals surface area contributed by atoms with Crippen LogP contribution in [0.3, 0.4) is 0 Å². The van der Waals surface area contributed by atoms with E-state index in [2.05, 4.69) is 41.8 Å². The average molecular weight is 232 g/mol. The van der Waals surface area contributed by atoms with Gasteiger partial charge in [-0.15, -0.1) is 0 Å². The molecule has 1 aromatic carbocycles. The lowest BCUT2D eigenvalue weighted by Gasteiger charge is -2.26. The normalized spacial score (nSPS) is 15.1. The summed E-state index contributed by atoms with van der Waals surface area (Å²) >= 11 is 0. The largest absolute Gasteiger partial charge is 0.338 e. The summed E-state index contributed by atoms with van der Waals surface area (Å²) in [6.45, 7) is 2.78. The molecule has 0 unspecified atom stereocenters. The Labute approximate surface area is 103 Å². The summed E-state index contributed by atoms with van der Waals surface area (Å²) < 4.78 is 0. The molecule has 3 nitrogen and oxygen atoms in total. The first-order valence-electron chi connectivity index (χ1n) is 6.34. The maximum absolute atomic E-state index is 11.5. The highest BCUT2D eigenvalue weighted by atomic mass is 16.2. The maximum Gasteiger partial charge on any atom is 0.315 e. The molecular weight excluding hydrogens is 212 g/mol. The van der Waals surface area contributed by atoms with Crippen molar-refractivity contribution in [2.24, 2.45) is 0 Å². The number of hydrogen-bond acceptors (Lipinski definition) is 1. The molecule has 1 aromatic rings. The van der Waals surface area contributed by atoms with Gasteiger partial charge in [-0.05, 0) is 38.2 Å². The summed E-state index contributed by atoms with van der Waals surface area (Å²) in [4.78, 5) is 11.5. The highest BCUT2D eigenvalue weighted by molar-refractivity contribution is 5.74. The van der Waals surface area contributed by atoms with Crippen LogP contribution in [0.1, 0.15) is 30.4 Å². The van der Waals surface area contributed by atoms with Crippen LogP contribution in [0.15, 0.2) is 24.3 Å². The highest BCUT2D eigenvalue weighted by Crippen LogP contribution is 2.17. The van der Waals surface area contributed by atoms with Crippen molar-refractivity contribution in [3.05, 3.63) is 35.4 Å². The van der Waals surface area contributed by atoms with Crippen LogP contribution in [-0.2, 0) is 6.42 Å². The molecule has 0 saturated heterocycles. The van der Waals surface area contributed by atoms with Gasteiger partial charge in [-0.2, -0.15) is 0 Å². The molecule has 1 saturated carbocycles. The number of carbonyl (C=O) groups excluding carboxylic acids is 1. The van der Waals surface area contributed by atoms with Gasteiger partial charge >= 0.3 is 6.03 Å². The van der Waals surface area contributed by atoms with Crippen LogP contribution >= 0.6 is 0 Å². The topological polar surface area (TPSA) is 41.1 Å². The van der Waals surface area contributed by atoms with E-state index in [-0.39, 0.29) is 6.03 Å². The minimum Gasteiger partial charge on any atom is -0.338 e. The Morgan fingerprint density at radius 2 is 2.24 bits per heavy atom. The summed E-state index contributed by atoms with van der Waals surface area (Å²) in [6, 6.07) is 8.78. The number of amides is 2. The molecule has 0 atom stereocenters. The monoisotopic (exact) mass is 232 g/mol. The van der Waals surface area contributed by atoms with Gasteiger partial charge in [0.05, 0.1) is 0 Å². The van der Waals surface area contributed by atoms with Crippen molar-refractivity contribution in [2.45, 2.75) is 38.6 Å². The van der Waals surface area contributed by atoms with E-state index < -0.39 is 0 Å². The first kappa shape index (κ1) is 12.0. The second kappa shape index (κ2) is 5.71. The fourth-order valence-corrected chi connectivity index (χ4v) is 1.98. The number of urea groups is 1. The summed E-state index contributed by atoms with van der Waals surface area (Å²) in [7, 11) is 0. The van der Waals surface area contributed by atoms with Crippen LogP contribution in [0, 0.1) is 6.92 Å². The van der Waals surface area contributed by atoms with Gasteiger partial charge in [-0.1, -0.05) is 29.8 Å². The van der Waals surface area contributed by atoms with E-state index in [0.717, 1.165) is 19.3 Å². The van der Waals surface area contributed by atoms with Gasteiger partial charge in [-0.3, -0.25) is 0 Å². The molecule has 1 aliphatic rings. The third-order valence-corrected chi connectivity index (χ3v) is 3.22. The molecule has 3 heteroatoms. The Hall–Kier alpha value is -1.51. The highest BCUT2D eigenvalue weighted by Gasteiger charge is 2.18. The minimum absolute atomic E-state index is 0.0256. The van der Waals surface area contributed by atoms with Crippen LogP contribution < -0.4 is 10.6 Å². The zero-order chi connectivity index (χ0) is 12.1. The van der Waals surface area contributed by atoms with Crippen LogP contribution in [0.25, 0.3) is 0 Å². The van der Waals surface area contributed by atoms with Crippen molar-refractivity contribution >= 4 is 6.03 Å². The molecule has 92 valence electrons. The van der Waals surface area contributed by atoms with Crippen molar-refractivity contribution in [3.8, 4) is 0 Å². The van der Waals surface area contributed by atoms with E-state index >= 15 is 0 Å². The Kier molecular flexibility index (Phi) is 4.02. The van der Waals surface area contributed by atoms with Gasteiger partial charge in [0.1, 0.15) is 0 Å². The first-order valence-corrected chi connectivity index (χ1v) is 6.34. The van der Waals surface area contributed by atoms with Crippen molar-refractivity contribution < 1.29 is 4.79 Å². The lowest BCUT2D eigenvalue weighted by atomic mass is 9.93. The Bertz CT molecular complexity index is 386. The molecule has 0 radical (unpaired) electrons. The first-order chi connectivity index (χ1) is 8.24. The van der Waals surface area contributed by atoms with E-state index in [1.54, 1.807) is 0 Å². The predicted molar refractivity (Wildman–Crippen MR) is 69.1 cm³/mol. The molecule has 0 spiro atoms. The lowest BCUT2D eigenvalue weighted by molar-refractivity contribution is 0.228. The summed E-state index contributed by atoms with van der Waals surface area (Å²) in [6.07, 6.45) is 4.39. The van der Waals surface area contributed by atoms with Crippen molar-refractivity contribution in [1.29, 1.82) is 0 Å². The number of benzene rings is 1. The third-order valence-electron chi connectivity index (χ3n) is 3.22. The van der Waals surface area contributed by atoms with Gasteiger partial charge in [-0.25, -0.2) is 4.79 Å². The van der Waals surface area contributed by atoms with Gasteiger partial charge in [0.25, 0.3) is 0 Å². The minimum atomic E-state index is -0.0256. The fourth-order valence-electron chi connectivity index (χ4n) is 1.98. The molecular formula is C14H20N2O. The Balaban J connectivity index is 1.66. The molecule has 2 amide bonds. The van der Waals surface area contributed by atoms with Crippen molar-refractivity contribution in [3.63, 3.8) is 0 Å². The third kappa shape index (κ3) is 3.77. The SMILES string of the molecule is Cc1cccc(CCNC(=O)NC2CCC2)c1. The van der Waals surface area contributed by atoms with Crippen molar-refractivity contribution in [1.82, 2.24) is 10.6 Å². The second-order valence-corrected chi connectivity index (χ2v) is 4.77. The van der Waals surface area contributed by atoms with E-state index in [9.17, 15) is 4.79 Å². The molecule has 17 heavy (non-hydrogen) atoms. The second-order valence-electron chi connectivity index (χ2n) is 4.77. The van der Waals surface area contributed by atoms with Gasteiger partial charge in [0.2, 0.25) is 0 Å². The zero-order valence-corrected chi connectivity index (χ0v) is 10.3. The van der Waals surface area contributed by atoms with Gasteiger partial charge < -0.3 is 10.6 Å². The molecule has 0 aromatic heterocycles. The van der Waals surface area contributed by atoms with Crippen LogP contribution in [0.2, 0.25) is 0 Å². The molecule has 1 fully saturated rings. The average Bonchev–Trinajstić information content (AvgIpc) is 2.24. The zero-order valence-electron chi connectivity index (χ0n) is 10.3. The molecule has 2 rings (SSSR count). The maximum atomic E-state index is 11.5. The van der Waals surface area contributed by atoms with E-state index in [4.69, 9.17) is 0 Å². The number of carbonyl (C=O) groups is 1. The van der Waals surface area contributed by atoms with E-state index in [0.29, 0.717) is 12.6 Å².